The van der Waals surface area contributed by atoms with E-state index in [4.69, 9.17) is 16.3 Å². The van der Waals surface area contributed by atoms with E-state index in [9.17, 15) is 9.59 Å². The monoisotopic (exact) mass is 398 g/mol. The highest BCUT2D eigenvalue weighted by Gasteiger charge is 2.32. The van der Waals surface area contributed by atoms with Gasteiger partial charge < -0.3 is 25.2 Å². The molecule has 1 saturated heterocycles. The lowest BCUT2D eigenvalue weighted by molar-refractivity contribution is -0.954. The van der Waals surface area contributed by atoms with Crippen LogP contribution in [0.4, 0.5) is 5.69 Å². The normalized spacial score (nSPS) is 16.6. The van der Waals surface area contributed by atoms with Crippen LogP contribution in [0.2, 0.25) is 5.02 Å². The molecule has 2 rings (SSSR count). The number of hydrogen-bond donors (Lipinski definition) is 4. The largest absolute Gasteiger partial charge is 0.370 e. The van der Waals surface area contributed by atoms with Crippen molar-refractivity contribution in [3.8, 4) is 0 Å². The molecule has 2 amide bonds. The predicted octanol–water partition coefficient (Wildman–Crippen LogP) is -1.40. The lowest BCUT2D eigenvalue weighted by atomic mass is 10.0. The summed E-state index contributed by atoms with van der Waals surface area (Å²) >= 11 is 6.04. The topological polar surface area (TPSA) is 76.3 Å². The van der Waals surface area contributed by atoms with Crippen LogP contribution in [0.1, 0.15) is 13.8 Å². The molecule has 1 aliphatic heterocycles. The Balaban J connectivity index is 1.73. The van der Waals surface area contributed by atoms with Crippen LogP contribution in [-0.4, -0.2) is 70.3 Å². The van der Waals surface area contributed by atoms with Gasteiger partial charge in [0.25, 0.3) is 11.8 Å². The highest BCUT2D eigenvalue weighted by Crippen LogP contribution is 2.19. The Kier molecular flexibility index (Phi) is 8.04. The highest BCUT2D eigenvalue weighted by atomic mass is 35.5. The Bertz CT molecular complexity index is 648. The number of hydrogen-bond acceptors (Lipinski definition) is 3. The zero-order chi connectivity index (χ0) is 19.9. The fourth-order valence-electron chi connectivity index (χ4n) is 3.17. The number of carbonyl (C=O) groups is 2. The number of amides is 2. The summed E-state index contributed by atoms with van der Waals surface area (Å²) in [7, 11) is 1.82. The molecule has 1 heterocycles. The van der Waals surface area contributed by atoms with Crippen LogP contribution in [0.5, 0.6) is 0 Å². The number of quaternary nitrogens is 2. The van der Waals surface area contributed by atoms with E-state index in [2.05, 4.69) is 24.5 Å². The minimum Gasteiger partial charge on any atom is -0.370 e. The lowest BCUT2D eigenvalue weighted by Gasteiger charge is -2.37. The SMILES string of the molecule is C[NH+](CC(=O)NCC(C)(C)[NH+]1CCOCC1)CC(=O)Nc1ccccc1Cl. The summed E-state index contributed by atoms with van der Waals surface area (Å²) in [6.45, 7) is 8.78. The smallest absolute Gasteiger partial charge is 0.279 e. The van der Waals surface area contributed by atoms with E-state index in [-0.39, 0.29) is 30.4 Å². The molecule has 8 heteroatoms. The predicted molar refractivity (Wildman–Crippen MR) is 105 cm³/mol. The van der Waals surface area contributed by atoms with Crippen LogP contribution in [0.15, 0.2) is 24.3 Å². The number of anilines is 1. The maximum atomic E-state index is 12.3. The third-order valence-electron chi connectivity index (χ3n) is 4.85. The zero-order valence-corrected chi connectivity index (χ0v) is 17.1. The Morgan fingerprint density at radius 1 is 1.19 bits per heavy atom. The molecule has 1 aliphatic rings. The van der Waals surface area contributed by atoms with Gasteiger partial charge in [0.05, 0.1) is 37.5 Å². The summed E-state index contributed by atoms with van der Waals surface area (Å²) in [5.41, 5.74) is 0.533. The molecule has 0 radical (unpaired) electrons. The molecule has 1 aromatic carbocycles. The Morgan fingerprint density at radius 2 is 1.81 bits per heavy atom. The molecular weight excluding hydrogens is 368 g/mol. The van der Waals surface area contributed by atoms with Gasteiger partial charge in [-0.2, -0.15) is 0 Å². The van der Waals surface area contributed by atoms with Gasteiger partial charge in [-0.1, -0.05) is 23.7 Å². The van der Waals surface area contributed by atoms with E-state index < -0.39 is 0 Å². The average Bonchev–Trinajstić information content (AvgIpc) is 2.62. The number of benzene rings is 1. The van der Waals surface area contributed by atoms with Crippen LogP contribution >= 0.6 is 11.6 Å². The standard InChI is InChI=1S/C19H29ClN4O3/c1-19(2,24-8-10-27-11-9-24)14-21-17(25)12-23(3)13-18(26)22-16-7-5-4-6-15(16)20/h4-7H,8-14H2,1-3H3,(H,21,25)(H,22,26)/p+2. The van der Waals surface area contributed by atoms with Crippen LogP contribution in [0, 0.1) is 0 Å². The average molecular weight is 399 g/mol. The number of nitrogens with one attached hydrogen (secondary N) is 4. The van der Waals surface area contributed by atoms with Crippen molar-refractivity contribution in [2.45, 2.75) is 19.4 Å². The van der Waals surface area contributed by atoms with Crippen molar-refractivity contribution in [3.05, 3.63) is 29.3 Å². The highest BCUT2D eigenvalue weighted by molar-refractivity contribution is 6.33. The number of para-hydroxylation sites is 1. The van der Waals surface area contributed by atoms with Gasteiger partial charge in [0.1, 0.15) is 18.6 Å². The molecule has 0 aromatic heterocycles. The molecule has 1 fully saturated rings. The Morgan fingerprint density at radius 3 is 2.48 bits per heavy atom. The minimum atomic E-state index is -0.175. The second-order valence-electron chi connectivity index (χ2n) is 7.72. The van der Waals surface area contributed by atoms with Crippen molar-refractivity contribution in [3.63, 3.8) is 0 Å². The van der Waals surface area contributed by atoms with E-state index >= 15 is 0 Å². The molecule has 0 spiro atoms. The van der Waals surface area contributed by atoms with E-state index in [1.54, 1.807) is 18.2 Å². The number of morpholine rings is 1. The molecule has 4 N–H and O–H groups in total. The van der Waals surface area contributed by atoms with Gasteiger partial charge in [-0.3, -0.25) is 9.59 Å². The quantitative estimate of drug-likeness (QED) is 0.435. The van der Waals surface area contributed by atoms with Crippen molar-refractivity contribution in [1.82, 2.24) is 5.32 Å². The molecule has 7 nitrogen and oxygen atoms in total. The van der Waals surface area contributed by atoms with Gasteiger partial charge in [-0.05, 0) is 26.0 Å². The number of likely N-dealkylation sites (N-methyl/N-ethyl adjacent to an activating group) is 1. The number of ether oxygens (including phenoxy) is 1. The van der Waals surface area contributed by atoms with Crippen LogP contribution in [0.3, 0.4) is 0 Å². The maximum Gasteiger partial charge on any atom is 0.279 e. The Labute approximate surface area is 166 Å². The molecule has 0 saturated carbocycles. The summed E-state index contributed by atoms with van der Waals surface area (Å²) in [5, 5.41) is 6.28. The van der Waals surface area contributed by atoms with Crippen LogP contribution < -0.4 is 20.4 Å². The third kappa shape index (κ3) is 7.10. The molecule has 1 atom stereocenters. The second-order valence-corrected chi connectivity index (χ2v) is 8.12. The van der Waals surface area contributed by atoms with Crippen molar-refractivity contribution in [2.24, 2.45) is 0 Å². The first kappa shape index (κ1) is 21.6. The van der Waals surface area contributed by atoms with Gasteiger partial charge in [-0.25, -0.2) is 0 Å². The van der Waals surface area contributed by atoms with Gasteiger partial charge in [-0.15, -0.1) is 0 Å². The minimum absolute atomic E-state index is 0.0468. The molecule has 1 unspecified atom stereocenters. The fraction of sp³-hybridized carbons (Fsp3) is 0.579. The van der Waals surface area contributed by atoms with Gasteiger partial charge in [0.15, 0.2) is 13.1 Å². The van der Waals surface area contributed by atoms with E-state index in [0.29, 0.717) is 17.3 Å². The van der Waals surface area contributed by atoms with Crippen molar-refractivity contribution in [1.29, 1.82) is 0 Å². The Hall–Kier alpha value is -1.67. The summed E-state index contributed by atoms with van der Waals surface area (Å²) in [5.74, 6) is -0.231. The second kappa shape index (κ2) is 10.0. The molecule has 150 valence electrons. The van der Waals surface area contributed by atoms with Crippen LogP contribution in [0.25, 0.3) is 0 Å². The molecule has 1 aromatic rings. The fourth-order valence-corrected chi connectivity index (χ4v) is 3.35. The van der Waals surface area contributed by atoms with Gasteiger partial charge >= 0.3 is 0 Å². The van der Waals surface area contributed by atoms with Gasteiger partial charge in [0.2, 0.25) is 0 Å². The molecule has 27 heavy (non-hydrogen) atoms. The van der Waals surface area contributed by atoms with Crippen molar-refractivity contribution in [2.75, 3.05) is 58.3 Å². The third-order valence-corrected chi connectivity index (χ3v) is 5.18. The van der Waals surface area contributed by atoms with E-state index in [1.807, 2.05) is 13.1 Å². The van der Waals surface area contributed by atoms with Crippen molar-refractivity contribution < 1.29 is 24.1 Å². The van der Waals surface area contributed by atoms with E-state index in [1.165, 1.54) is 4.90 Å². The summed E-state index contributed by atoms with van der Waals surface area (Å²) < 4.78 is 5.40. The summed E-state index contributed by atoms with van der Waals surface area (Å²) in [4.78, 5) is 26.7. The lowest BCUT2D eigenvalue weighted by Crippen LogP contribution is -3.22. The number of halogens is 1. The molecule has 0 bridgehead atoms. The first-order chi connectivity index (χ1) is 12.8. The van der Waals surface area contributed by atoms with Gasteiger partial charge in [0, 0.05) is 0 Å². The molecular formula is C19H31ClN4O3+2. The first-order valence-corrected chi connectivity index (χ1v) is 9.71. The summed E-state index contributed by atoms with van der Waals surface area (Å²) in [6, 6.07) is 7.08. The number of carbonyl (C=O) groups excluding carboxylic acids is 2. The molecule has 0 aliphatic carbocycles. The van der Waals surface area contributed by atoms with Crippen LogP contribution in [-0.2, 0) is 14.3 Å². The maximum absolute atomic E-state index is 12.3. The van der Waals surface area contributed by atoms with E-state index in [0.717, 1.165) is 31.2 Å². The van der Waals surface area contributed by atoms with Crippen molar-refractivity contribution >= 4 is 29.1 Å². The number of rotatable bonds is 8. The summed E-state index contributed by atoms with van der Waals surface area (Å²) in [6.07, 6.45) is 0. The zero-order valence-electron chi connectivity index (χ0n) is 16.4. The first-order valence-electron chi connectivity index (χ1n) is 9.33.